The first-order chi connectivity index (χ1) is 10.2. The van der Waals surface area contributed by atoms with Crippen LogP contribution in [0.5, 0.6) is 0 Å². The van der Waals surface area contributed by atoms with Crippen molar-refractivity contribution in [1.29, 1.82) is 0 Å². The second-order valence-corrected chi connectivity index (χ2v) is 5.36. The number of carbonyl (C=O) groups is 1. The summed E-state index contributed by atoms with van der Waals surface area (Å²) in [5, 5.41) is 3.95. The van der Waals surface area contributed by atoms with E-state index in [1.54, 1.807) is 17.0 Å². The molecule has 0 aromatic carbocycles. The predicted octanol–water partition coefficient (Wildman–Crippen LogP) is 1.92. The van der Waals surface area contributed by atoms with E-state index in [9.17, 15) is 4.79 Å². The van der Waals surface area contributed by atoms with Gasteiger partial charge in [0.15, 0.2) is 5.82 Å². The highest BCUT2D eigenvalue weighted by atomic mass is 16.5. The van der Waals surface area contributed by atoms with Crippen molar-refractivity contribution < 1.29 is 14.1 Å². The number of aromatic nitrogens is 4. The zero-order valence-electron chi connectivity index (χ0n) is 12.2. The zero-order chi connectivity index (χ0) is 14.8. The Morgan fingerprint density at radius 2 is 2.24 bits per heavy atom. The maximum Gasteiger partial charge on any atom is 0.318 e. The molecule has 0 amide bonds. The Morgan fingerprint density at radius 1 is 1.48 bits per heavy atom. The SMILES string of the molecule is COC(=O)C(c1nc(-c2nccn2C)no1)C1CCCC1. The van der Waals surface area contributed by atoms with Gasteiger partial charge in [-0.25, -0.2) is 4.98 Å². The van der Waals surface area contributed by atoms with Gasteiger partial charge in [0.05, 0.1) is 7.11 Å². The molecule has 7 heteroatoms. The molecule has 2 heterocycles. The molecule has 1 aliphatic rings. The van der Waals surface area contributed by atoms with Gasteiger partial charge in [-0.2, -0.15) is 4.98 Å². The molecule has 0 spiro atoms. The number of hydrogen-bond acceptors (Lipinski definition) is 6. The van der Waals surface area contributed by atoms with E-state index in [2.05, 4.69) is 15.1 Å². The average molecular weight is 290 g/mol. The van der Waals surface area contributed by atoms with Gasteiger partial charge in [-0.1, -0.05) is 18.0 Å². The molecular formula is C14H18N4O3. The van der Waals surface area contributed by atoms with E-state index in [1.165, 1.54) is 7.11 Å². The van der Waals surface area contributed by atoms with E-state index in [-0.39, 0.29) is 11.9 Å². The quantitative estimate of drug-likeness (QED) is 0.800. The third-order valence-corrected chi connectivity index (χ3v) is 4.06. The Kier molecular flexibility index (Phi) is 3.72. The van der Waals surface area contributed by atoms with Crippen molar-refractivity contribution in [3.05, 3.63) is 18.3 Å². The highest BCUT2D eigenvalue weighted by molar-refractivity contribution is 5.77. The largest absolute Gasteiger partial charge is 0.468 e. The molecule has 0 radical (unpaired) electrons. The van der Waals surface area contributed by atoms with Crippen molar-refractivity contribution in [2.24, 2.45) is 13.0 Å². The molecule has 0 N–H and O–H groups in total. The van der Waals surface area contributed by atoms with Gasteiger partial charge in [-0.15, -0.1) is 0 Å². The van der Waals surface area contributed by atoms with E-state index >= 15 is 0 Å². The lowest BCUT2D eigenvalue weighted by Crippen LogP contribution is -2.21. The van der Waals surface area contributed by atoms with Gasteiger partial charge in [-0.3, -0.25) is 4.79 Å². The van der Waals surface area contributed by atoms with Crippen LogP contribution in [0.3, 0.4) is 0 Å². The Bertz CT molecular complexity index is 628. The van der Waals surface area contributed by atoms with Crippen molar-refractivity contribution in [3.63, 3.8) is 0 Å². The summed E-state index contributed by atoms with van der Waals surface area (Å²) in [5.41, 5.74) is 0. The third kappa shape index (κ3) is 2.55. The Morgan fingerprint density at radius 3 is 2.86 bits per heavy atom. The maximum atomic E-state index is 12.1. The lowest BCUT2D eigenvalue weighted by Gasteiger charge is -2.16. The number of nitrogens with zero attached hydrogens (tertiary/aromatic N) is 4. The van der Waals surface area contributed by atoms with Gasteiger partial charge in [-0.05, 0) is 18.8 Å². The van der Waals surface area contributed by atoms with Crippen LogP contribution in [-0.2, 0) is 16.6 Å². The summed E-state index contributed by atoms with van der Waals surface area (Å²) in [6.45, 7) is 0. The van der Waals surface area contributed by atoms with E-state index in [1.807, 2.05) is 7.05 Å². The first-order valence-corrected chi connectivity index (χ1v) is 7.10. The molecule has 2 aromatic heterocycles. The van der Waals surface area contributed by atoms with Crippen LogP contribution < -0.4 is 0 Å². The summed E-state index contributed by atoms with van der Waals surface area (Å²) >= 11 is 0. The van der Waals surface area contributed by atoms with Crippen molar-refractivity contribution in [1.82, 2.24) is 19.7 Å². The van der Waals surface area contributed by atoms with Crippen molar-refractivity contribution in [2.45, 2.75) is 31.6 Å². The second kappa shape index (κ2) is 5.67. The minimum atomic E-state index is -0.473. The molecule has 0 saturated heterocycles. The number of rotatable bonds is 4. The first kappa shape index (κ1) is 13.8. The topological polar surface area (TPSA) is 83.0 Å². The van der Waals surface area contributed by atoms with Crippen LogP contribution in [0.2, 0.25) is 0 Å². The number of ether oxygens (including phenoxy) is 1. The number of esters is 1. The van der Waals surface area contributed by atoms with Crippen LogP contribution in [0.25, 0.3) is 11.6 Å². The number of aryl methyl sites for hydroxylation is 1. The molecule has 0 aliphatic heterocycles. The fourth-order valence-corrected chi connectivity index (χ4v) is 2.95. The normalized spacial score (nSPS) is 17.0. The Hall–Kier alpha value is -2.18. The lowest BCUT2D eigenvalue weighted by atomic mass is 9.91. The number of hydrogen-bond donors (Lipinski definition) is 0. The lowest BCUT2D eigenvalue weighted by molar-refractivity contribution is -0.144. The minimum absolute atomic E-state index is 0.215. The monoisotopic (exact) mass is 290 g/mol. The van der Waals surface area contributed by atoms with Crippen LogP contribution in [0.15, 0.2) is 16.9 Å². The van der Waals surface area contributed by atoms with Crippen LogP contribution >= 0.6 is 0 Å². The molecule has 0 bridgehead atoms. The molecule has 21 heavy (non-hydrogen) atoms. The maximum absolute atomic E-state index is 12.1. The molecule has 112 valence electrons. The van der Waals surface area contributed by atoms with Crippen molar-refractivity contribution >= 4 is 5.97 Å². The molecule has 1 unspecified atom stereocenters. The molecule has 7 nitrogen and oxygen atoms in total. The number of imidazole rings is 1. The van der Waals surface area contributed by atoms with Gasteiger partial charge in [0.1, 0.15) is 5.92 Å². The summed E-state index contributed by atoms with van der Waals surface area (Å²) in [6.07, 6.45) is 7.69. The molecule has 1 fully saturated rings. The van der Waals surface area contributed by atoms with Crippen LogP contribution in [-0.4, -0.2) is 32.8 Å². The zero-order valence-corrected chi connectivity index (χ0v) is 12.2. The van der Waals surface area contributed by atoms with E-state index < -0.39 is 5.92 Å². The molecule has 1 atom stereocenters. The standard InChI is InChI=1S/C14H18N4O3/c1-18-8-7-15-12(18)11-16-13(21-17-11)10(14(19)20-2)9-5-3-4-6-9/h7-10H,3-6H2,1-2H3. The van der Waals surface area contributed by atoms with Gasteiger partial charge in [0, 0.05) is 19.4 Å². The summed E-state index contributed by atoms with van der Waals surface area (Å²) in [7, 11) is 3.24. The van der Waals surface area contributed by atoms with E-state index in [0.29, 0.717) is 17.5 Å². The molecule has 2 aromatic rings. The van der Waals surface area contributed by atoms with Gasteiger partial charge in [0.25, 0.3) is 0 Å². The Balaban J connectivity index is 1.91. The Labute approximate surface area is 122 Å². The van der Waals surface area contributed by atoms with Crippen molar-refractivity contribution in [3.8, 4) is 11.6 Å². The third-order valence-electron chi connectivity index (χ3n) is 4.06. The minimum Gasteiger partial charge on any atom is -0.468 e. The van der Waals surface area contributed by atoms with Gasteiger partial charge >= 0.3 is 5.97 Å². The smallest absolute Gasteiger partial charge is 0.318 e. The predicted molar refractivity (Wildman–Crippen MR) is 73.2 cm³/mol. The highest BCUT2D eigenvalue weighted by Gasteiger charge is 2.37. The van der Waals surface area contributed by atoms with Crippen LogP contribution in [0, 0.1) is 5.92 Å². The fourth-order valence-electron chi connectivity index (χ4n) is 2.95. The molecule has 3 rings (SSSR count). The van der Waals surface area contributed by atoms with Gasteiger partial charge < -0.3 is 13.8 Å². The molecule has 1 saturated carbocycles. The highest BCUT2D eigenvalue weighted by Crippen LogP contribution is 2.37. The molecule has 1 aliphatic carbocycles. The van der Waals surface area contributed by atoms with Crippen LogP contribution in [0.1, 0.15) is 37.5 Å². The number of methoxy groups -OCH3 is 1. The fraction of sp³-hybridized carbons (Fsp3) is 0.571. The van der Waals surface area contributed by atoms with E-state index in [0.717, 1.165) is 25.7 Å². The molecular weight excluding hydrogens is 272 g/mol. The number of carbonyl (C=O) groups excluding carboxylic acids is 1. The van der Waals surface area contributed by atoms with Crippen molar-refractivity contribution in [2.75, 3.05) is 7.11 Å². The van der Waals surface area contributed by atoms with Crippen LogP contribution in [0.4, 0.5) is 0 Å². The first-order valence-electron chi connectivity index (χ1n) is 7.10. The summed E-state index contributed by atoms with van der Waals surface area (Å²) in [4.78, 5) is 20.6. The van der Waals surface area contributed by atoms with Gasteiger partial charge in [0.2, 0.25) is 11.7 Å². The summed E-state index contributed by atoms with van der Waals surface area (Å²) in [5.74, 6) is 0.763. The second-order valence-electron chi connectivity index (χ2n) is 5.36. The summed E-state index contributed by atoms with van der Waals surface area (Å²) < 4.78 is 12.0. The van der Waals surface area contributed by atoms with E-state index in [4.69, 9.17) is 9.26 Å². The average Bonchev–Trinajstić information content (AvgIpc) is 3.20. The summed E-state index contributed by atoms with van der Waals surface area (Å²) in [6, 6.07) is 0.